The predicted molar refractivity (Wildman–Crippen MR) is 66.5 cm³/mol. The molecule has 1 rings (SSSR count). The predicted octanol–water partition coefficient (Wildman–Crippen LogP) is 5.13. The number of rotatable bonds is 0. The van der Waals surface area contributed by atoms with Crippen LogP contribution in [0.1, 0.15) is 68.2 Å². The molecule has 0 heterocycles. The Morgan fingerprint density at radius 2 is 1.00 bits per heavy atom. The van der Waals surface area contributed by atoms with Gasteiger partial charge >= 0.3 is 0 Å². The van der Waals surface area contributed by atoms with Gasteiger partial charge in [-0.2, -0.15) is 0 Å². The SMILES string of the molecule is C.CC(C)(C)C1CCCC1C(C)(C)C. The lowest BCUT2D eigenvalue weighted by Gasteiger charge is -2.39. The molecule has 0 heteroatoms. The first-order chi connectivity index (χ1) is 5.73. The lowest BCUT2D eigenvalue weighted by Crippen LogP contribution is -2.32. The Balaban J connectivity index is 0.00000169. The van der Waals surface area contributed by atoms with Crippen LogP contribution in [0.15, 0.2) is 0 Å². The van der Waals surface area contributed by atoms with E-state index in [0.29, 0.717) is 10.8 Å². The lowest BCUT2D eigenvalue weighted by atomic mass is 9.66. The highest BCUT2D eigenvalue weighted by Crippen LogP contribution is 2.50. The summed E-state index contributed by atoms with van der Waals surface area (Å²) >= 11 is 0. The van der Waals surface area contributed by atoms with Crippen molar-refractivity contribution in [3.63, 3.8) is 0 Å². The zero-order valence-electron chi connectivity index (χ0n) is 10.3. The third-order valence-electron chi connectivity index (χ3n) is 3.74. The maximum atomic E-state index is 2.40. The third kappa shape index (κ3) is 3.00. The summed E-state index contributed by atoms with van der Waals surface area (Å²) in [6.45, 7) is 14.4. The van der Waals surface area contributed by atoms with E-state index in [9.17, 15) is 0 Å². The van der Waals surface area contributed by atoms with Crippen LogP contribution in [0.2, 0.25) is 0 Å². The van der Waals surface area contributed by atoms with Gasteiger partial charge in [0, 0.05) is 0 Å². The van der Waals surface area contributed by atoms with Crippen LogP contribution in [0.5, 0.6) is 0 Å². The molecule has 0 aromatic heterocycles. The first-order valence-corrected chi connectivity index (χ1v) is 5.73. The number of hydrogen-bond donors (Lipinski definition) is 0. The molecule has 2 atom stereocenters. The maximum Gasteiger partial charge on any atom is -0.0332 e. The van der Waals surface area contributed by atoms with E-state index in [0.717, 1.165) is 11.8 Å². The Bertz CT molecular complexity index is 145. The van der Waals surface area contributed by atoms with Crippen molar-refractivity contribution in [3.8, 4) is 0 Å². The standard InChI is InChI=1S/C13H26.CH4/c1-12(2,3)10-8-7-9-11(10)13(4,5)6;/h10-11H,7-9H2,1-6H3;1H4. The molecule has 14 heavy (non-hydrogen) atoms. The fourth-order valence-electron chi connectivity index (χ4n) is 3.03. The van der Waals surface area contributed by atoms with E-state index in [2.05, 4.69) is 41.5 Å². The van der Waals surface area contributed by atoms with Crippen LogP contribution < -0.4 is 0 Å². The Morgan fingerprint density at radius 1 is 0.714 bits per heavy atom. The van der Waals surface area contributed by atoms with Gasteiger partial charge in [-0.1, -0.05) is 55.4 Å². The molecule has 0 N–H and O–H groups in total. The minimum atomic E-state index is 0. The van der Waals surface area contributed by atoms with Gasteiger partial charge in [-0.15, -0.1) is 0 Å². The monoisotopic (exact) mass is 198 g/mol. The fourth-order valence-corrected chi connectivity index (χ4v) is 3.03. The molecule has 86 valence electrons. The summed E-state index contributed by atoms with van der Waals surface area (Å²) in [6.07, 6.45) is 4.35. The quantitative estimate of drug-likeness (QED) is 0.506. The van der Waals surface area contributed by atoms with E-state index in [1.54, 1.807) is 0 Å². The first-order valence-electron chi connectivity index (χ1n) is 5.73. The smallest absolute Gasteiger partial charge is 0.0332 e. The molecule has 1 saturated carbocycles. The highest BCUT2D eigenvalue weighted by Gasteiger charge is 2.41. The summed E-state index contributed by atoms with van der Waals surface area (Å²) in [5.74, 6) is 1.87. The van der Waals surface area contributed by atoms with Gasteiger partial charge in [0.25, 0.3) is 0 Å². The van der Waals surface area contributed by atoms with E-state index in [-0.39, 0.29) is 7.43 Å². The second-order valence-electron chi connectivity index (χ2n) is 6.88. The summed E-state index contributed by atoms with van der Waals surface area (Å²) in [7, 11) is 0. The van der Waals surface area contributed by atoms with E-state index in [4.69, 9.17) is 0 Å². The topological polar surface area (TPSA) is 0 Å². The third-order valence-corrected chi connectivity index (χ3v) is 3.74. The van der Waals surface area contributed by atoms with Crippen LogP contribution in [0, 0.1) is 22.7 Å². The molecule has 1 aliphatic carbocycles. The first kappa shape index (κ1) is 14.0. The van der Waals surface area contributed by atoms with Crippen LogP contribution in [0.25, 0.3) is 0 Å². The summed E-state index contributed by atoms with van der Waals surface area (Å²) in [6, 6.07) is 0. The Morgan fingerprint density at radius 3 is 1.21 bits per heavy atom. The molecular formula is C14H30. The van der Waals surface area contributed by atoms with Gasteiger partial charge in [0.1, 0.15) is 0 Å². The Kier molecular flexibility index (Phi) is 4.24. The van der Waals surface area contributed by atoms with Crippen LogP contribution in [0.4, 0.5) is 0 Å². The van der Waals surface area contributed by atoms with Crippen molar-refractivity contribution in [2.75, 3.05) is 0 Å². The van der Waals surface area contributed by atoms with Crippen LogP contribution in [-0.2, 0) is 0 Å². The summed E-state index contributed by atoms with van der Waals surface area (Å²) in [5.41, 5.74) is 1.02. The van der Waals surface area contributed by atoms with E-state index >= 15 is 0 Å². The fraction of sp³-hybridized carbons (Fsp3) is 1.00. The highest BCUT2D eigenvalue weighted by atomic mass is 14.5. The Labute approximate surface area is 91.5 Å². The molecule has 2 unspecified atom stereocenters. The van der Waals surface area contributed by atoms with Crippen LogP contribution in [0.3, 0.4) is 0 Å². The largest absolute Gasteiger partial charge is 0.0776 e. The average Bonchev–Trinajstić information content (AvgIpc) is 2.27. The molecule has 0 saturated heterocycles. The van der Waals surface area contributed by atoms with E-state index < -0.39 is 0 Å². The van der Waals surface area contributed by atoms with E-state index in [1.807, 2.05) is 0 Å². The summed E-state index contributed by atoms with van der Waals surface area (Å²) < 4.78 is 0. The molecule has 1 fully saturated rings. The Hall–Kier alpha value is 0. The van der Waals surface area contributed by atoms with Gasteiger partial charge < -0.3 is 0 Å². The molecule has 0 nitrogen and oxygen atoms in total. The molecule has 0 radical (unpaired) electrons. The molecule has 0 bridgehead atoms. The zero-order valence-corrected chi connectivity index (χ0v) is 10.3. The molecule has 0 spiro atoms. The van der Waals surface area contributed by atoms with Crippen molar-refractivity contribution in [3.05, 3.63) is 0 Å². The van der Waals surface area contributed by atoms with Crippen molar-refractivity contribution >= 4 is 0 Å². The maximum absolute atomic E-state index is 2.40. The minimum absolute atomic E-state index is 0. The van der Waals surface area contributed by atoms with Crippen LogP contribution >= 0.6 is 0 Å². The molecule has 1 aliphatic rings. The van der Waals surface area contributed by atoms with Crippen molar-refractivity contribution in [1.82, 2.24) is 0 Å². The second kappa shape index (κ2) is 4.24. The van der Waals surface area contributed by atoms with Gasteiger partial charge in [-0.3, -0.25) is 0 Å². The van der Waals surface area contributed by atoms with E-state index in [1.165, 1.54) is 19.3 Å². The average molecular weight is 198 g/mol. The molecular weight excluding hydrogens is 168 g/mol. The van der Waals surface area contributed by atoms with Crippen molar-refractivity contribution in [2.45, 2.75) is 68.2 Å². The van der Waals surface area contributed by atoms with Gasteiger partial charge in [-0.05, 0) is 35.5 Å². The molecule has 0 aromatic carbocycles. The highest BCUT2D eigenvalue weighted by molar-refractivity contribution is 4.91. The zero-order chi connectivity index (χ0) is 10.3. The second-order valence-corrected chi connectivity index (χ2v) is 6.88. The number of hydrogen-bond acceptors (Lipinski definition) is 0. The van der Waals surface area contributed by atoms with Gasteiger partial charge in [0.05, 0.1) is 0 Å². The molecule has 0 aromatic rings. The minimum Gasteiger partial charge on any atom is -0.0776 e. The van der Waals surface area contributed by atoms with Gasteiger partial charge in [0.2, 0.25) is 0 Å². The lowest BCUT2D eigenvalue weighted by molar-refractivity contribution is 0.0992. The summed E-state index contributed by atoms with van der Waals surface area (Å²) in [4.78, 5) is 0. The normalized spacial score (nSPS) is 28.7. The summed E-state index contributed by atoms with van der Waals surface area (Å²) in [5, 5.41) is 0. The molecule has 0 amide bonds. The van der Waals surface area contributed by atoms with Crippen molar-refractivity contribution in [2.24, 2.45) is 22.7 Å². The van der Waals surface area contributed by atoms with Crippen LogP contribution in [-0.4, -0.2) is 0 Å². The van der Waals surface area contributed by atoms with Gasteiger partial charge in [-0.25, -0.2) is 0 Å². The van der Waals surface area contributed by atoms with Crippen molar-refractivity contribution < 1.29 is 0 Å². The van der Waals surface area contributed by atoms with Gasteiger partial charge in [0.15, 0.2) is 0 Å². The van der Waals surface area contributed by atoms with Crippen molar-refractivity contribution in [1.29, 1.82) is 0 Å². The molecule has 0 aliphatic heterocycles.